The van der Waals surface area contributed by atoms with Gasteiger partial charge in [-0.15, -0.1) is 0 Å². The summed E-state index contributed by atoms with van der Waals surface area (Å²) in [7, 11) is 3.09. The van der Waals surface area contributed by atoms with Gasteiger partial charge in [0.1, 0.15) is 11.5 Å². The zero-order chi connectivity index (χ0) is 22.9. The van der Waals surface area contributed by atoms with Gasteiger partial charge in [0, 0.05) is 18.5 Å². The molecule has 32 heavy (non-hydrogen) atoms. The van der Waals surface area contributed by atoms with Crippen molar-refractivity contribution in [2.75, 3.05) is 14.2 Å². The van der Waals surface area contributed by atoms with Gasteiger partial charge in [-0.3, -0.25) is 4.79 Å². The van der Waals surface area contributed by atoms with E-state index >= 15 is 0 Å². The number of halogens is 3. The van der Waals surface area contributed by atoms with Gasteiger partial charge in [0.15, 0.2) is 0 Å². The standard InChI is InChI=1S/C23H22F3N3O3/c1-31-18-8-14(9-19(11-18)32-2)12-27-22(30)20-13-28-29(21(20)15-6-7-15)17-5-3-4-16(10-17)23(24,25)26/h3-5,8-11,13,15H,6-7,12H2,1-2H3,(H,27,30). The van der Waals surface area contributed by atoms with Crippen LogP contribution in [0.2, 0.25) is 0 Å². The van der Waals surface area contributed by atoms with Crippen LogP contribution in [0.15, 0.2) is 48.7 Å². The quantitative estimate of drug-likeness (QED) is 0.572. The maximum Gasteiger partial charge on any atom is 0.416 e. The normalized spacial score (nSPS) is 13.7. The topological polar surface area (TPSA) is 65.4 Å². The van der Waals surface area contributed by atoms with E-state index in [0.29, 0.717) is 22.8 Å². The number of rotatable bonds is 7. The summed E-state index contributed by atoms with van der Waals surface area (Å²) in [5.74, 6) is 0.950. The van der Waals surface area contributed by atoms with E-state index < -0.39 is 11.7 Å². The van der Waals surface area contributed by atoms with Crippen molar-refractivity contribution in [3.05, 3.63) is 71.0 Å². The van der Waals surface area contributed by atoms with Gasteiger partial charge in [-0.25, -0.2) is 4.68 Å². The minimum atomic E-state index is -4.46. The fraction of sp³-hybridized carbons (Fsp3) is 0.304. The van der Waals surface area contributed by atoms with Crippen LogP contribution in [0, 0.1) is 0 Å². The van der Waals surface area contributed by atoms with Crippen LogP contribution < -0.4 is 14.8 Å². The Morgan fingerprint density at radius 1 is 1.12 bits per heavy atom. The first kappa shape index (κ1) is 21.7. The average Bonchev–Trinajstić information content (AvgIpc) is 3.54. The first-order valence-electron chi connectivity index (χ1n) is 10.1. The van der Waals surface area contributed by atoms with Crippen LogP contribution in [0.4, 0.5) is 13.2 Å². The van der Waals surface area contributed by atoms with Gasteiger partial charge >= 0.3 is 6.18 Å². The van der Waals surface area contributed by atoms with Crippen molar-refractivity contribution in [2.45, 2.75) is 31.5 Å². The molecule has 0 saturated heterocycles. The molecule has 0 bridgehead atoms. The van der Waals surface area contributed by atoms with Crippen molar-refractivity contribution in [3.63, 3.8) is 0 Å². The van der Waals surface area contributed by atoms with Gasteiger partial charge in [-0.05, 0) is 48.7 Å². The monoisotopic (exact) mass is 445 g/mol. The minimum absolute atomic E-state index is 0.0877. The molecule has 0 unspecified atom stereocenters. The first-order valence-corrected chi connectivity index (χ1v) is 10.1. The number of nitrogens with zero attached hydrogens (tertiary/aromatic N) is 2. The lowest BCUT2D eigenvalue weighted by Gasteiger charge is -2.12. The summed E-state index contributed by atoms with van der Waals surface area (Å²) in [6.45, 7) is 0.227. The number of carbonyl (C=O) groups is 1. The Hall–Kier alpha value is -3.49. The Morgan fingerprint density at radius 2 is 1.81 bits per heavy atom. The Balaban J connectivity index is 1.59. The van der Waals surface area contributed by atoms with E-state index in [4.69, 9.17) is 9.47 Å². The average molecular weight is 445 g/mol. The first-order chi connectivity index (χ1) is 15.3. The van der Waals surface area contributed by atoms with E-state index in [1.165, 1.54) is 16.9 Å². The molecule has 1 amide bonds. The summed E-state index contributed by atoms with van der Waals surface area (Å²) in [6.07, 6.45) is -1.33. The van der Waals surface area contributed by atoms with E-state index in [1.807, 2.05) is 0 Å². The van der Waals surface area contributed by atoms with Crippen molar-refractivity contribution >= 4 is 5.91 Å². The molecule has 1 fully saturated rings. The molecular formula is C23H22F3N3O3. The van der Waals surface area contributed by atoms with Crippen LogP contribution in [-0.2, 0) is 12.7 Å². The molecule has 0 spiro atoms. The smallest absolute Gasteiger partial charge is 0.416 e. The highest BCUT2D eigenvalue weighted by atomic mass is 19.4. The maximum absolute atomic E-state index is 13.1. The summed E-state index contributed by atoms with van der Waals surface area (Å²) < 4.78 is 51.4. The number of aromatic nitrogens is 2. The number of benzene rings is 2. The third kappa shape index (κ3) is 4.56. The molecule has 1 aliphatic rings. The minimum Gasteiger partial charge on any atom is -0.497 e. The van der Waals surface area contributed by atoms with Crippen LogP contribution >= 0.6 is 0 Å². The highest BCUT2D eigenvalue weighted by Crippen LogP contribution is 2.43. The molecule has 9 heteroatoms. The molecule has 1 aromatic heterocycles. The predicted molar refractivity (Wildman–Crippen MR) is 111 cm³/mol. The molecule has 2 aromatic carbocycles. The number of carbonyl (C=O) groups excluding carboxylic acids is 1. The molecule has 0 radical (unpaired) electrons. The van der Waals surface area contributed by atoms with Crippen LogP contribution in [0.3, 0.4) is 0 Å². The SMILES string of the molecule is COc1cc(CNC(=O)c2cnn(-c3cccc(C(F)(F)F)c3)c2C2CC2)cc(OC)c1. The molecular weight excluding hydrogens is 423 g/mol. The van der Waals surface area contributed by atoms with E-state index in [0.717, 1.165) is 30.5 Å². The summed E-state index contributed by atoms with van der Waals surface area (Å²) in [6, 6.07) is 10.3. The number of amides is 1. The van der Waals surface area contributed by atoms with Crippen LogP contribution in [-0.4, -0.2) is 29.9 Å². The van der Waals surface area contributed by atoms with E-state index in [9.17, 15) is 18.0 Å². The second kappa shape index (κ2) is 8.57. The number of alkyl halides is 3. The molecule has 1 N–H and O–H groups in total. The Bertz CT molecular complexity index is 1110. The van der Waals surface area contributed by atoms with E-state index in [1.54, 1.807) is 38.5 Å². The van der Waals surface area contributed by atoms with Gasteiger partial charge in [0.25, 0.3) is 5.91 Å². The summed E-state index contributed by atoms with van der Waals surface area (Å²) in [5, 5.41) is 7.11. The molecule has 0 atom stereocenters. The van der Waals surface area contributed by atoms with Crippen molar-refractivity contribution in [1.29, 1.82) is 0 Å². The third-order valence-electron chi connectivity index (χ3n) is 5.30. The van der Waals surface area contributed by atoms with Crippen molar-refractivity contribution in [3.8, 4) is 17.2 Å². The number of ether oxygens (including phenoxy) is 2. The van der Waals surface area contributed by atoms with Gasteiger partial charge in [0.2, 0.25) is 0 Å². The molecule has 168 valence electrons. The molecule has 1 aliphatic carbocycles. The molecule has 0 aliphatic heterocycles. The highest BCUT2D eigenvalue weighted by Gasteiger charge is 2.34. The second-order valence-corrected chi connectivity index (χ2v) is 7.58. The molecule has 6 nitrogen and oxygen atoms in total. The zero-order valence-corrected chi connectivity index (χ0v) is 17.6. The lowest BCUT2D eigenvalue weighted by atomic mass is 10.1. The number of methoxy groups -OCH3 is 2. The predicted octanol–water partition coefficient (Wildman–Crippen LogP) is 4.72. The Labute approximate surface area is 183 Å². The van der Waals surface area contributed by atoms with Gasteiger partial charge < -0.3 is 14.8 Å². The van der Waals surface area contributed by atoms with Gasteiger partial charge in [-0.1, -0.05) is 6.07 Å². The Morgan fingerprint density at radius 3 is 2.41 bits per heavy atom. The second-order valence-electron chi connectivity index (χ2n) is 7.58. The van der Waals surface area contributed by atoms with Gasteiger partial charge in [0.05, 0.1) is 42.9 Å². The van der Waals surface area contributed by atoms with Crippen molar-refractivity contribution in [1.82, 2.24) is 15.1 Å². The molecule has 3 aromatic rings. The number of nitrogens with one attached hydrogen (secondary N) is 1. The molecule has 4 rings (SSSR count). The van der Waals surface area contributed by atoms with Crippen molar-refractivity contribution in [2.24, 2.45) is 0 Å². The highest BCUT2D eigenvalue weighted by molar-refractivity contribution is 5.95. The molecule has 1 saturated carbocycles. The van der Waals surface area contributed by atoms with Crippen LogP contribution in [0.25, 0.3) is 5.69 Å². The van der Waals surface area contributed by atoms with Crippen molar-refractivity contribution < 1.29 is 27.4 Å². The zero-order valence-electron chi connectivity index (χ0n) is 17.6. The summed E-state index contributed by atoms with van der Waals surface area (Å²) >= 11 is 0. The Kier molecular flexibility index (Phi) is 5.82. The van der Waals surface area contributed by atoms with Gasteiger partial charge in [-0.2, -0.15) is 18.3 Å². The fourth-order valence-electron chi connectivity index (χ4n) is 3.55. The maximum atomic E-state index is 13.1. The van der Waals surface area contributed by atoms with Crippen LogP contribution in [0.5, 0.6) is 11.5 Å². The third-order valence-corrected chi connectivity index (χ3v) is 5.30. The van der Waals surface area contributed by atoms with E-state index in [2.05, 4.69) is 10.4 Å². The summed E-state index contributed by atoms with van der Waals surface area (Å²) in [4.78, 5) is 12.9. The number of hydrogen-bond acceptors (Lipinski definition) is 4. The molecule has 1 heterocycles. The fourth-order valence-corrected chi connectivity index (χ4v) is 3.55. The summed E-state index contributed by atoms with van der Waals surface area (Å²) in [5.41, 5.74) is 1.29. The van der Waals surface area contributed by atoms with E-state index in [-0.39, 0.29) is 24.1 Å². The number of hydrogen-bond donors (Lipinski definition) is 1. The lowest BCUT2D eigenvalue weighted by Crippen LogP contribution is -2.23. The lowest BCUT2D eigenvalue weighted by molar-refractivity contribution is -0.137. The van der Waals surface area contributed by atoms with Crippen LogP contribution in [0.1, 0.15) is 45.9 Å². The largest absolute Gasteiger partial charge is 0.497 e.